The second-order valence-corrected chi connectivity index (χ2v) is 6.51. The molecule has 1 heterocycles. The predicted molar refractivity (Wildman–Crippen MR) is 102 cm³/mol. The van der Waals surface area contributed by atoms with Gasteiger partial charge in [-0.2, -0.15) is 0 Å². The first kappa shape index (κ1) is 15.8. The maximum Gasteiger partial charge on any atom is 0.173 e. The van der Waals surface area contributed by atoms with Crippen LogP contribution in [0.3, 0.4) is 0 Å². The zero-order chi connectivity index (χ0) is 16.2. The summed E-state index contributed by atoms with van der Waals surface area (Å²) in [5, 5.41) is 4.14. The normalized spacial score (nSPS) is 17.9. The zero-order valence-corrected chi connectivity index (χ0v) is 14.5. The van der Waals surface area contributed by atoms with Crippen molar-refractivity contribution < 1.29 is 0 Å². The van der Waals surface area contributed by atoms with Gasteiger partial charge < -0.3 is 15.1 Å². The molecule has 2 aromatic rings. The molecule has 1 atom stereocenters. The van der Waals surface area contributed by atoms with E-state index < -0.39 is 0 Å². The van der Waals surface area contributed by atoms with E-state index in [0.717, 1.165) is 30.4 Å². The fourth-order valence-electron chi connectivity index (χ4n) is 2.99. The van der Waals surface area contributed by atoms with Crippen LogP contribution in [0.1, 0.15) is 12.5 Å². The predicted octanol–water partition coefficient (Wildman–Crippen LogP) is 3.90. The van der Waals surface area contributed by atoms with Crippen LogP contribution in [0.5, 0.6) is 0 Å². The third-order valence-corrected chi connectivity index (χ3v) is 4.67. The molecule has 0 radical (unpaired) electrons. The molecule has 1 unspecified atom stereocenters. The molecule has 2 aromatic carbocycles. The van der Waals surface area contributed by atoms with Gasteiger partial charge in [-0.05, 0) is 50.3 Å². The Morgan fingerprint density at radius 1 is 1.04 bits per heavy atom. The Morgan fingerprint density at radius 2 is 1.74 bits per heavy atom. The van der Waals surface area contributed by atoms with E-state index in [2.05, 4.69) is 53.2 Å². The van der Waals surface area contributed by atoms with Crippen molar-refractivity contribution in [2.45, 2.75) is 19.9 Å². The van der Waals surface area contributed by atoms with Crippen molar-refractivity contribution in [3.05, 3.63) is 60.2 Å². The van der Waals surface area contributed by atoms with Gasteiger partial charge in [-0.3, -0.25) is 0 Å². The molecule has 1 N–H and O–H groups in total. The maximum atomic E-state index is 5.58. The summed E-state index contributed by atoms with van der Waals surface area (Å²) >= 11 is 5.58. The quantitative estimate of drug-likeness (QED) is 0.844. The van der Waals surface area contributed by atoms with E-state index in [4.69, 9.17) is 12.2 Å². The lowest BCUT2D eigenvalue weighted by Crippen LogP contribution is -2.54. The van der Waals surface area contributed by atoms with Gasteiger partial charge in [-0.25, -0.2) is 0 Å². The summed E-state index contributed by atoms with van der Waals surface area (Å²) < 4.78 is 0. The first-order valence-electron chi connectivity index (χ1n) is 8.08. The topological polar surface area (TPSA) is 18.5 Å². The Hall–Kier alpha value is -2.07. The molecule has 23 heavy (non-hydrogen) atoms. The van der Waals surface area contributed by atoms with Gasteiger partial charge in [-0.15, -0.1) is 0 Å². The van der Waals surface area contributed by atoms with Crippen LogP contribution in [-0.2, 0) is 0 Å². The van der Waals surface area contributed by atoms with Crippen LogP contribution in [0.15, 0.2) is 54.6 Å². The number of nitrogens with zero attached hydrogens (tertiary/aromatic N) is 2. The van der Waals surface area contributed by atoms with Crippen LogP contribution < -0.4 is 10.2 Å². The molecule has 1 aliphatic heterocycles. The lowest BCUT2D eigenvalue weighted by Gasteiger charge is -2.42. The molecule has 1 fully saturated rings. The fraction of sp³-hybridized carbons (Fsp3) is 0.316. The number of thiocarbonyl (C=S) groups is 1. The molecule has 0 saturated carbocycles. The molecule has 0 amide bonds. The molecule has 0 aromatic heterocycles. The van der Waals surface area contributed by atoms with E-state index in [1.165, 1.54) is 11.3 Å². The number of rotatable bonds is 2. The smallest absolute Gasteiger partial charge is 0.173 e. The SMILES string of the molecule is Cc1ccc(N2CCN(C(=S)Nc3ccccc3)CC2C)cc1. The minimum Gasteiger partial charge on any atom is -0.365 e. The second-order valence-electron chi connectivity index (χ2n) is 6.12. The van der Waals surface area contributed by atoms with Crippen molar-refractivity contribution in [1.82, 2.24) is 4.90 Å². The van der Waals surface area contributed by atoms with E-state index in [9.17, 15) is 0 Å². The maximum absolute atomic E-state index is 5.58. The molecule has 1 saturated heterocycles. The molecule has 0 bridgehead atoms. The van der Waals surface area contributed by atoms with Crippen molar-refractivity contribution in [3.8, 4) is 0 Å². The average Bonchev–Trinajstić information content (AvgIpc) is 2.57. The summed E-state index contributed by atoms with van der Waals surface area (Å²) in [5.41, 5.74) is 3.64. The number of anilines is 2. The Bertz CT molecular complexity index is 654. The van der Waals surface area contributed by atoms with Gasteiger partial charge in [0.25, 0.3) is 0 Å². The summed E-state index contributed by atoms with van der Waals surface area (Å²) in [6, 6.07) is 19.3. The molecule has 3 rings (SSSR count). The van der Waals surface area contributed by atoms with E-state index in [1.54, 1.807) is 0 Å². The summed E-state index contributed by atoms with van der Waals surface area (Å²) in [5.74, 6) is 0. The lowest BCUT2D eigenvalue weighted by atomic mass is 10.1. The van der Waals surface area contributed by atoms with Crippen LogP contribution in [0.2, 0.25) is 0 Å². The Labute approximate surface area is 143 Å². The Morgan fingerprint density at radius 3 is 2.39 bits per heavy atom. The lowest BCUT2D eigenvalue weighted by molar-refractivity contribution is 0.342. The molecule has 3 nitrogen and oxygen atoms in total. The first-order valence-corrected chi connectivity index (χ1v) is 8.48. The van der Waals surface area contributed by atoms with Crippen LogP contribution in [-0.4, -0.2) is 35.7 Å². The summed E-state index contributed by atoms with van der Waals surface area (Å²) in [4.78, 5) is 4.72. The highest BCUT2D eigenvalue weighted by molar-refractivity contribution is 7.80. The van der Waals surface area contributed by atoms with E-state index in [1.807, 2.05) is 30.3 Å². The van der Waals surface area contributed by atoms with E-state index in [-0.39, 0.29) is 0 Å². The third-order valence-electron chi connectivity index (χ3n) is 4.31. The molecule has 0 aliphatic carbocycles. The van der Waals surface area contributed by atoms with Gasteiger partial charge in [0.1, 0.15) is 0 Å². The molecular weight excluding hydrogens is 302 g/mol. The Kier molecular flexibility index (Phi) is 4.82. The number of para-hydroxylation sites is 1. The molecular formula is C19H23N3S. The highest BCUT2D eigenvalue weighted by atomic mass is 32.1. The van der Waals surface area contributed by atoms with Crippen molar-refractivity contribution in [2.75, 3.05) is 29.9 Å². The molecule has 4 heteroatoms. The standard InChI is InChI=1S/C19H23N3S/c1-15-8-10-18(11-9-15)22-13-12-21(14-16(22)2)19(23)20-17-6-4-3-5-7-17/h3-11,16H,12-14H2,1-2H3,(H,20,23). The van der Waals surface area contributed by atoms with Crippen LogP contribution in [0.4, 0.5) is 11.4 Å². The zero-order valence-electron chi connectivity index (χ0n) is 13.7. The second kappa shape index (κ2) is 7.01. The number of piperazine rings is 1. The fourth-order valence-corrected chi connectivity index (χ4v) is 3.27. The minimum atomic E-state index is 0.432. The summed E-state index contributed by atoms with van der Waals surface area (Å²) in [6.07, 6.45) is 0. The summed E-state index contributed by atoms with van der Waals surface area (Å²) in [7, 11) is 0. The van der Waals surface area contributed by atoms with E-state index >= 15 is 0 Å². The van der Waals surface area contributed by atoms with Gasteiger partial charge in [0.05, 0.1) is 0 Å². The number of nitrogens with one attached hydrogen (secondary N) is 1. The highest BCUT2D eigenvalue weighted by Gasteiger charge is 2.25. The number of hydrogen-bond donors (Lipinski definition) is 1. The highest BCUT2D eigenvalue weighted by Crippen LogP contribution is 2.21. The molecule has 1 aliphatic rings. The van der Waals surface area contributed by atoms with Gasteiger partial charge in [0, 0.05) is 37.1 Å². The average molecular weight is 325 g/mol. The summed E-state index contributed by atoms with van der Waals surface area (Å²) in [6.45, 7) is 7.25. The monoisotopic (exact) mass is 325 g/mol. The van der Waals surface area contributed by atoms with Gasteiger partial charge in [0.15, 0.2) is 5.11 Å². The first-order chi connectivity index (χ1) is 11.1. The largest absolute Gasteiger partial charge is 0.365 e. The van der Waals surface area contributed by atoms with Crippen LogP contribution in [0.25, 0.3) is 0 Å². The number of benzene rings is 2. The minimum absolute atomic E-state index is 0.432. The van der Waals surface area contributed by atoms with Crippen molar-refractivity contribution in [1.29, 1.82) is 0 Å². The molecule has 120 valence electrons. The van der Waals surface area contributed by atoms with Crippen molar-refractivity contribution >= 4 is 28.7 Å². The van der Waals surface area contributed by atoms with Gasteiger partial charge >= 0.3 is 0 Å². The third kappa shape index (κ3) is 3.82. The van der Waals surface area contributed by atoms with Gasteiger partial charge in [0.2, 0.25) is 0 Å². The van der Waals surface area contributed by atoms with Crippen molar-refractivity contribution in [3.63, 3.8) is 0 Å². The van der Waals surface area contributed by atoms with E-state index in [0.29, 0.717) is 6.04 Å². The molecule has 0 spiro atoms. The Balaban J connectivity index is 1.61. The van der Waals surface area contributed by atoms with Crippen LogP contribution >= 0.6 is 12.2 Å². The number of hydrogen-bond acceptors (Lipinski definition) is 2. The van der Waals surface area contributed by atoms with Gasteiger partial charge in [-0.1, -0.05) is 35.9 Å². The number of aryl methyl sites for hydroxylation is 1. The van der Waals surface area contributed by atoms with Crippen molar-refractivity contribution in [2.24, 2.45) is 0 Å². The van der Waals surface area contributed by atoms with Crippen LogP contribution in [0, 0.1) is 6.92 Å².